The average Bonchev–Trinajstić information content (AvgIpc) is 3.08. The molecule has 0 spiro atoms. The van der Waals surface area contributed by atoms with Crippen molar-refractivity contribution < 1.29 is 0 Å². The molecule has 1 aliphatic rings. The molecule has 0 N–H and O–H groups in total. The van der Waals surface area contributed by atoms with Gasteiger partial charge in [-0.3, -0.25) is 0 Å². The van der Waals surface area contributed by atoms with Crippen molar-refractivity contribution in [2.45, 2.75) is 24.7 Å². The van der Waals surface area contributed by atoms with E-state index in [4.69, 9.17) is 11.6 Å². The number of aromatic nitrogens is 2. The molecule has 4 heteroatoms. The topological polar surface area (TPSA) is 25.8 Å². The van der Waals surface area contributed by atoms with Crippen LogP contribution in [-0.2, 0) is 18.3 Å². The molecule has 0 saturated heterocycles. The fourth-order valence-corrected chi connectivity index (χ4v) is 5.88. The van der Waals surface area contributed by atoms with E-state index in [0.717, 1.165) is 29.5 Å². The van der Waals surface area contributed by atoms with Gasteiger partial charge >= 0.3 is 0 Å². The van der Waals surface area contributed by atoms with Crippen molar-refractivity contribution in [2.24, 2.45) is 0 Å². The molecule has 2 aromatic heterocycles. The quantitative estimate of drug-likeness (QED) is 0.412. The fraction of sp³-hybridized carbons (Fsp3) is 0.182. The first-order valence-corrected chi connectivity index (χ1v) is 9.99. The Labute approximate surface area is 161 Å². The van der Waals surface area contributed by atoms with E-state index >= 15 is 0 Å². The first-order chi connectivity index (χ1) is 12.8. The summed E-state index contributed by atoms with van der Waals surface area (Å²) in [5.74, 6) is 0. The predicted molar refractivity (Wildman–Crippen MR) is 108 cm³/mol. The summed E-state index contributed by atoms with van der Waals surface area (Å²) in [5, 5.41) is 1.64. The first-order valence-electron chi connectivity index (χ1n) is 8.80. The number of rotatable bonds is 2. The highest BCUT2D eigenvalue weighted by molar-refractivity contribution is 7.19. The Balaban J connectivity index is 1.72. The molecule has 2 aromatic carbocycles. The summed E-state index contributed by atoms with van der Waals surface area (Å²) in [6, 6.07) is 21.8. The number of benzene rings is 2. The smallest absolute Gasteiger partial charge is 0.141 e. The van der Waals surface area contributed by atoms with Gasteiger partial charge < -0.3 is 0 Å². The van der Waals surface area contributed by atoms with E-state index in [1.165, 1.54) is 21.6 Å². The highest BCUT2D eigenvalue weighted by atomic mass is 35.5. The SMILES string of the molecule is Clc1ncnc2sc3c(c12)CCC(c1ccccc1)(c1ccccc1)C3. The minimum atomic E-state index is -0.00367. The number of nitrogens with zero attached hydrogens (tertiary/aromatic N) is 2. The highest BCUT2D eigenvalue weighted by Gasteiger charge is 2.39. The van der Waals surface area contributed by atoms with Gasteiger partial charge in [0.2, 0.25) is 0 Å². The summed E-state index contributed by atoms with van der Waals surface area (Å²) in [5.41, 5.74) is 4.10. The molecule has 0 aliphatic heterocycles. The highest BCUT2D eigenvalue weighted by Crippen LogP contribution is 2.48. The van der Waals surface area contributed by atoms with E-state index in [9.17, 15) is 0 Å². The first kappa shape index (κ1) is 16.0. The molecule has 0 fully saturated rings. The van der Waals surface area contributed by atoms with Gasteiger partial charge in [-0.15, -0.1) is 11.3 Å². The molecule has 0 radical (unpaired) electrons. The monoisotopic (exact) mass is 376 g/mol. The third-order valence-corrected chi connectivity index (χ3v) is 6.97. The standard InChI is InChI=1S/C22H17ClN2S/c23-20-19-17-11-12-22(15-7-3-1-4-8-15,16-9-5-2-6-10-16)13-18(17)26-21(19)25-14-24-20/h1-10,14H,11-13H2. The second-order valence-corrected chi connectivity index (χ2v) is 8.28. The largest absolute Gasteiger partial charge is 0.225 e. The third kappa shape index (κ3) is 2.38. The molecule has 2 nitrogen and oxygen atoms in total. The Morgan fingerprint density at radius 2 is 1.54 bits per heavy atom. The molecule has 0 amide bonds. The summed E-state index contributed by atoms with van der Waals surface area (Å²) >= 11 is 8.17. The Hall–Kier alpha value is -2.23. The summed E-state index contributed by atoms with van der Waals surface area (Å²) in [6.07, 6.45) is 4.60. The van der Waals surface area contributed by atoms with E-state index in [-0.39, 0.29) is 5.41 Å². The van der Waals surface area contributed by atoms with Gasteiger partial charge in [-0.25, -0.2) is 9.97 Å². The van der Waals surface area contributed by atoms with Crippen LogP contribution in [0, 0.1) is 0 Å². The van der Waals surface area contributed by atoms with Gasteiger partial charge in [-0.05, 0) is 36.0 Å². The van der Waals surface area contributed by atoms with Crippen molar-refractivity contribution in [3.63, 3.8) is 0 Å². The van der Waals surface area contributed by atoms with Crippen molar-refractivity contribution in [1.29, 1.82) is 0 Å². The van der Waals surface area contributed by atoms with Gasteiger partial charge in [0.1, 0.15) is 16.3 Å². The van der Waals surface area contributed by atoms with Crippen LogP contribution in [0.4, 0.5) is 0 Å². The lowest BCUT2D eigenvalue weighted by Gasteiger charge is -2.38. The van der Waals surface area contributed by atoms with Gasteiger partial charge in [0.05, 0.1) is 5.39 Å². The Kier molecular flexibility index (Phi) is 3.80. The normalized spacial score (nSPS) is 15.7. The number of hydrogen-bond donors (Lipinski definition) is 0. The van der Waals surface area contributed by atoms with Crippen LogP contribution in [0.3, 0.4) is 0 Å². The molecule has 1 aliphatic carbocycles. The number of thiophene rings is 1. The lowest BCUT2D eigenvalue weighted by molar-refractivity contribution is 0.450. The molecular formula is C22H17ClN2S. The number of halogens is 1. The molecule has 0 atom stereocenters. The molecule has 0 saturated carbocycles. The number of hydrogen-bond acceptors (Lipinski definition) is 3. The van der Waals surface area contributed by atoms with Crippen molar-refractivity contribution >= 4 is 33.2 Å². The van der Waals surface area contributed by atoms with Gasteiger partial charge in [0.15, 0.2) is 0 Å². The van der Waals surface area contributed by atoms with Crippen LogP contribution < -0.4 is 0 Å². The zero-order chi connectivity index (χ0) is 17.6. The number of fused-ring (bicyclic) bond motifs is 3. The predicted octanol–water partition coefficient (Wildman–Crippen LogP) is 5.82. The van der Waals surface area contributed by atoms with Gasteiger partial charge in [0, 0.05) is 10.3 Å². The van der Waals surface area contributed by atoms with Crippen molar-refractivity contribution in [3.8, 4) is 0 Å². The zero-order valence-corrected chi connectivity index (χ0v) is 15.7. The molecule has 128 valence electrons. The fourth-order valence-electron chi connectivity index (χ4n) is 4.28. The van der Waals surface area contributed by atoms with Crippen LogP contribution in [0.25, 0.3) is 10.2 Å². The third-order valence-electron chi connectivity index (χ3n) is 5.54. The molecule has 2 heterocycles. The van der Waals surface area contributed by atoms with E-state index in [2.05, 4.69) is 70.6 Å². The Morgan fingerprint density at radius 3 is 2.19 bits per heavy atom. The maximum Gasteiger partial charge on any atom is 0.141 e. The summed E-state index contributed by atoms with van der Waals surface area (Å²) < 4.78 is 0. The minimum Gasteiger partial charge on any atom is -0.225 e. The summed E-state index contributed by atoms with van der Waals surface area (Å²) in [7, 11) is 0. The summed E-state index contributed by atoms with van der Waals surface area (Å²) in [4.78, 5) is 11.1. The van der Waals surface area contributed by atoms with Crippen LogP contribution in [0.5, 0.6) is 0 Å². The van der Waals surface area contributed by atoms with E-state index in [0.29, 0.717) is 5.15 Å². The van der Waals surface area contributed by atoms with Crippen LogP contribution in [-0.4, -0.2) is 9.97 Å². The van der Waals surface area contributed by atoms with E-state index in [1.807, 2.05) is 0 Å². The molecule has 5 rings (SSSR count). The van der Waals surface area contributed by atoms with E-state index < -0.39 is 0 Å². The van der Waals surface area contributed by atoms with Crippen molar-refractivity contribution in [2.75, 3.05) is 0 Å². The van der Waals surface area contributed by atoms with Gasteiger partial charge in [-0.2, -0.15) is 0 Å². The second-order valence-electron chi connectivity index (χ2n) is 6.84. The van der Waals surface area contributed by atoms with Gasteiger partial charge in [-0.1, -0.05) is 72.3 Å². The number of aryl methyl sites for hydroxylation is 1. The van der Waals surface area contributed by atoms with Crippen LogP contribution in [0.2, 0.25) is 5.15 Å². The second kappa shape index (κ2) is 6.19. The Bertz CT molecular complexity index is 1030. The maximum atomic E-state index is 6.40. The maximum absolute atomic E-state index is 6.40. The van der Waals surface area contributed by atoms with Crippen LogP contribution in [0.1, 0.15) is 28.0 Å². The van der Waals surface area contributed by atoms with Gasteiger partial charge in [0.25, 0.3) is 0 Å². The van der Waals surface area contributed by atoms with E-state index in [1.54, 1.807) is 17.7 Å². The minimum absolute atomic E-state index is 0.00367. The molecule has 0 unspecified atom stereocenters. The molecular weight excluding hydrogens is 360 g/mol. The average molecular weight is 377 g/mol. The van der Waals surface area contributed by atoms with Crippen molar-refractivity contribution in [3.05, 3.63) is 93.7 Å². The van der Waals surface area contributed by atoms with Crippen LogP contribution in [0.15, 0.2) is 67.0 Å². The lowest BCUT2D eigenvalue weighted by atomic mass is 9.65. The zero-order valence-electron chi connectivity index (χ0n) is 14.2. The lowest BCUT2D eigenvalue weighted by Crippen LogP contribution is -2.34. The molecule has 26 heavy (non-hydrogen) atoms. The molecule has 4 aromatic rings. The Morgan fingerprint density at radius 1 is 0.885 bits per heavy atom. The molecule has 0 bridgehead atoms. The van der Waals surface area contributed by atoms with Crippen LogP contribution >= 0.6 is 22.9 Å². The van der Waals surface area contributed by atoms with Crippen molar-refractivity contribution in [1.82, 2.24) is 9.97 Å². The summed E-state index contributed by atoms with van der Waals surface area (Å²) in [6.45, 7) is 0.